The Kier molecular flexibility index (Phi) is 2.48. The van der Waals surface area contributed by atoms with Gasteiger partial charge in [0, 0.05) is 0 Å². The third-order valence-electron chi connectivity index (χ3n) is 2.81. The fourth-order valence-electron chi connectivity index (χ4n) is 1.55. The van der Waals surface area contributed by atoms with Crippen molar-refractivity contribution >= 4 is 31.6 Å². The zero-order chi connectivity index (χ0) is 11.2. The number of carbonyl (C=O) groups is 2. The summed E-state index contributed by atoms with van der Waals surface area (Å²) in [6, 6.07) is 0. The summed E-state index contributed by atoms with van der Waals surface area (Å²) in [7, 11) is 0. The van der Waals surface area contributed by atoms with Gasteiger partial charge in [-0.1, -0.05) is 0 Å². The van der Waals surface area contributed by atoms with Crippen molar-refractivity contribution in [1.82, 2.24) is 0 Å². The van der Waals surface area contributed by atoms with E-state index in [2.05, 4.69) is 10.2 Å². The van der Waals surface area contributed by atoms with Crippen LogP contribution in [0.1, 0.15) is 13.8 Å². The molecule has 1 N–H and O–H groups in total. The molecule has 2 aliphatic rings. The zero-order valence-electron chi connectivity index (χ0n) is 8.66. The Hall–Kier alpha value is -0.650. The van der Waals surface area contributed by atoms with Crippen molar-refractivity contribution in [2.45, 2.75) is 17.8 Å². The average Bonchev–Trinajstić information content (AvgIpc) is 2.93. The van der Waals surface area contributed by atoms with Gasteiger partial charge >= 0.3 is 95.7 Å². The minimum atomic E-state index is -1.34. The molecule has 3 nitrogen and oxygen atoms in total. The summed E-state index contributed by atoms with van der Waals surface area (Å²) in [6.07, 6.45) is 4.09. The number of alkyl halides is 2. The molecule has 2 heterocycles. The Morgan fingerprint density at radius 2 is 2.20 bits per heavy atom. The van der Waals surface area contributed by atoms with Gasteiger partial charge in [0.15, 0.2) is 0 Å². The Labute approximate surface area is 95.6 Å². The van der Waals surface area contributed by atoms with Crippen LogP contribution in [-0.4, -0.2) is 25.2 Å². The predicted molar refractivity (Wildman–Crippen MR) is 66.3 cm³/mol. The van der Waals surface area contributed by atoms with Gasteiger partial charge in [-0.3, -0.25) is 0 Å². The molecule has 0 aromatic heterocycles. The number of ketones is 1. The van der Waals surface area contributed by atoms with Crippen molar-refractivity contribution in [2.75, 3.05) is 4.43 Å². The molecule has 0 unspecified atom stereocenters. The molecule has 2 aliphatic heterocycles. The molecule has 0 aliphatic carbocycles. The van der Waals surface area contributed by atoms with Crippen LogP contribution >= 0.6 is 19.8 Å². The molecule has 0 aromatic carbocycles. The van der Waals surface area contributed by atoms with E-state index in [0.717, 1.165) is 9.50 Å². The van der Waals surface area contributed by atoms with Gasteiger partial charge in [-0.2, -0.15) is 0 Å². The maximum atomic E-state index is 11.5. The number of halogens is 1. The van der Waals surface area contributed by atoms with E-state index in [9.17, 15) is 9.59 Å². The van der Waals surface area contributed by atoms with Crippen LogP contribution in [0.4, 0.5) is 0 Å². The van der Waals surface area contributed by atoms with Crippen LogP contribution in [0.2, 0.25) is 0 Å². The van der Waals surface area contributed by atoms with Crippen LogP contribution in [0.5, 0.6) is 0 Å². The first kappa shape index (κ1) is 10.9. The summed E-state index contributed by atoms with van der Waals surface area (Å²) in [5.74, 6) is -2.05. The number of hydrogen-bond acceptors (Lipinski definition) is 2. The van der Waals surface area contributed by atoms with Crippen molar-refractivity contribution in [1.29, 1.82) is 0 Å². The molecule has 15 heavy (non-hydrogen) atoms. The van der Waals surface area contributed by atoms with Gasteiger partial charge in [0.05, 0.1) is 0 Å². The SMILES string of the molecule is CC(C)(C(=O)C(=O)O)C1=CI2C[C@@H]2C=C1. The Morgan fingerprint density at radius 1 is 1.53 bits per heavy atom. The monoisotopic (exact) mass is 320 g/mol. The van der Waals surface area contributed by atoms with Crippen molar-refractivity contribution in [3.63, 3.8) is 0 Å². The fraction of sp³-hybridized carbons (Fsp3) is 0.455. The number of fused-ring (bicyclic) bond motifs is 1. The van der Waals surface area contributed by atoms with Crippen LogP contribution in [0.15, 0.2) is 21.8 Å². The van der Waals surface area contributed by atoms with Crippen molar-refractivity contribution in [2.24, 2.45) is 5.41 Å². The average molecular weight is 320 g/mol. The number of carboxylic acid groups (broad SMARTS) is 1. The molecular formula is C11H13IO3. The summed E-state index contributed by atoms with van der Waals surface area (Å²) in [5.41, 5.74) is 0.0433. The summed E-state index contributed by atoms with van der Waals surface area (Å²) in [4.78, 5) is 22.2. The summed E-state index contributed by atoms with van der Waals surface area (Å²) in [6.45, 7) is 3.39. The number of allylic oxidation sites excluding steroid dienone is 3. The van der Waals surface area contributed by atoms with Gasteiger partial charge in [-0.15, -0.1) is 0 Å². The van der Waals surface area contributed by atoms with Crippen LogP contribution < -0.4 is 0 Å². The second-order valence-electron chi connectivity index (χ2n) is 4.29. The van der Waals surface area contributed by atoms with Gasteiger partial charge in [0.25, 0.3) is 0 Å². The van der Waals surface area contributed by atoms with E-state index in [1.807, 2.05) is 6.08 Å². The zero-order valence-corrected chi connectivity index (χ0v) is 10.8. The third kappa shape index (κ3) is 1.87. The van der Waals surface area contributed by atoms with Gasteiger partial charge in [0.1, 0.15) is 0 Å². The molecular weight excluding hydrogens is 307 g/mol. The summed E-state index contributed by atoms with van der Waals surface area (Å²) in [5, 5.41) is 8.74. The van der Waals surface area contributed by atoms with Crippen molar-refractivity contribution in [3.8, 4) is 0 Å². The van der Waals surface area contributed by atoms with Crippen molar-refractivity contribution < 1.29 is 14.7 Å². The number of Topliss-reactive ketones (excluding diaryl/α,β-unsaturated/α-hetero) is 1. The van der Waals surface area contributed by atoms with E-state index in [1.54, 1.807) is 13.8 Å². The topological polar surface area (TPSA) is 54.4 Å². The van der Waals surface area contributed by atoms with Gasteiger partial charge in [-0.25, -0.2) is 0 Å². The standard InChI is InChI=1S/C11H13IO3/c1-11(2,9(13)10(14)15)7-3-4-8-6-12(8)5-7/h3-5,8H,6H2,1-2H3,(H,14,15)/t8-/m0/s1. The molecule has 1 atom stereocenters. The number of aliphatic carboxylic acids is 1. The van der Waals surface area contributed by atoms with Crippen molar-refractivity contribution in [3.05, 3.63) is 21.8 Å². The molecule has 82 valence electrons. The molecule has 0 amide bonds. The molecule has 0 saturated carbocycles. The number of carboxylic acids is 1. The normalized spacial score (nSPS) is 25.6. The van der Waals surface area contributed by atoms with E-state index in [1.165, 1.54) is 4.43 Å². The molecule has 4 heteroatoms. The van der Waals surface area contributed by atoms with E-state index in [0.29, 0.717) is 0 Å². The minimum absolute atomic E-state index is 0.713. The quantitative estimate of drug-likeness (QED) is 0.492. The van der Waals surface area contributed by atoms with Gasteiger partial charge in [-0.05, 0) is 0 Å². The molecule has 0 bridgehead atoms. The van der Waals surface area contributed by atoms with E-state index in [4.69, 9.17) is 5.11 Å². The number of rotatable bonds is 3. The number of hydrogen-bond donors (Lipinski definition) is 1. The van der Waals surface area contributed by atoms with E-state index >= 15 is 0 Å². The van der Waals surface area contributed by atoms with Crippen LogP contribution in [0.3, 0.4) is 0 Å². The number of carbonyl (C=O) groups excluding carboxylic acids is 1. The van der Waals surface area contributed by atoms with E-state index in [-0.39, 0.29) is 0 Å². The Morgan fingerprint density at radius 3 is 2.73 bits per heavy atom. The van der Waals surface area contributed by atoms with Crippen LogP contribution in [0, 0.1) is 5.41 Å². The molecule has 1 saturated heterocycles. The Bertz CT molecular complexity index is 393. The van der Waals surface area contributed by atoms with Gasteiger partial charge in [0.2, 0.25) is 0 Å². The first-order chi connectivity index (χ1) is 6.93. The first-order valence-electron chi connectivity index (χ1n) is 4.74. The summed E-state index contributed by atoms with van der Waals surface area (Å²) < 4.78 is 4.28. The van der Waals surface area contributed by atoms with Crippen LogP contribution in [0.25, 0.3) is 0 Å². The van der Waals surface area contributed by atoms with Gasteiger partial charge < -0.3 is 0 Å². The second-order valence-corrected chi connectivity index (χ2v) is 9.87. The van der Waals surface area contributed by atoms with E-state index < -0.39 is 37.0 Å². The Balaban J connectivity index is 2.25. The predicted octanol–water partition coefficient (Wildman–Crippen LogP) is 2.01. The van der Waals surface area contributed by atoms with Crippen LogP contribution in [-0.2, 0) is 9.59 Å². The first-order valence-corrected chi connectivity index (χ1v) is 8.75. The fourth-order valence-corrected chi connectivity index (χ4v) is 7.21. The second kappa shape index (κ2) is 3.43. The molecule has 2 rings (SSSR count). The molecule has 0 spiro atoms. The molecule has 1 fully saturated rings. The summed E-state index contributed by atoms with van der Waals surface area (Å²) >= 11 is -0.917. The third-order valence-corrected chi connectivity index (χ3v) is 8.03. The molecule has 0 aromatic rings. The maximum absolute atomic E-state index is 11.5. The molecule has 0 radical (unpaired) electrons.